The first-order chi connectivity index (χ1) is 9.76. The van der Waals surface area contributed by atoms with Gasteiger partial charge in [0.15, 0.2) is 11.5 Å². The number of hydrogen-bond donors (Lipinski definition) is 1. The topological polar surface area (TPSA) is 95.1 Å². The molecule has 0 unspecified atom stereocenters. The fourth-order valence-electron chi connectivity index (χ4n) is 2.74. The molecule has 7 nitrogen and oxygen atoms in total. The van der Waals surface area contributed by atoms with Gasteiger partial charge in [0.2, 0.25) is 0 Å². The Bertz CT molecular complexity index is 761. The minimum absolute atomic E-state index is 0. The van der Waals surface area contributed by atoms with Crippen molar-refractivity contribution in [3.05, 3.63) is 30.5 Å². The van der Waals surface area contributed by atoms with E-state index in [-0.39, 0.29) is 12.4 Å². The molecule has 1 fully saturated rings. The first-order valence-corrected chi connectivity index (χ1v) is 6.68. The van der Waals surface area contributed by atoms with Crippen LogP contribution in [0.2, 0.25) is 0 Å². The van der Waals surface area contributed by atoms with E-state index in [9.17, 15) is 0 Å². The van der Waals surface area contributed by atoms with E-state index in [4.69, 9.17) is 10.3 Å². The summed E-state index contributed by atoms with van der Waals surface area (Å²) in [6.07, 6.45) is 9.23. The quantitative estimate of drug-likeness (QED) is 0.777. The van der Waals surface area contributed by atoms with Gasteiger partial charge in [0, 0.05) is 12.4 Å². The molecule has 0 saturated heterocycles. The van der Waals surface area contributed by atoms with Crippen LogP contribution in [0.1, 0.15) is 31.5 Å². The maximum absolute atomic E-state index is 6.34. The van der Waals surface area contributed by atoms with Gasteiger partial charge in [-0.3, -0.25) is 0 Å². The Morgan fingerprint density at radius 2 is 2.10 bits per heavy atom. The Morgan fingerprint density at radius 1 is 1.29 bits per heavy atom. The van der Waals surface area contributed by atoms with Crippen molar-refractivity contribution >= 4 is 18.1 Å². The molecule has 0 spiro atoms. The standard InChI is InChI=1S/C13H14N6O.ClH/c14-13(4-1-2-5-13)12-17-11(20-18-12)9-8-16-19-7-3-6-15-10(9)19;/h3,6-8H,1-2,4-5,14H2;1H. The van der Waals surface area contributed by atoms with E-state index in [1.807, 2.05) is 12.3 Å². The van der Waals surface area contributed by atoms with Crippen molar-refractivity contribution in [2.24, 2.45) is 5.73 Å². The highest BCUT2D eigenvalue weighted by atomic mass is 35.5. The van der Waals surface area contributed by atoms with Gasteiger partial charge in [-0.25, -0.2) is 9.50 Å². The van der Waals surface area contributed by atoms with Crippen LogP contribution in [-0.2, 0) is 5.54 Å². The second kappa shape index (κ2) is 5.09. The van der Waals surface area contributed by atoms with Crippen molar-refractivity contribution in [1.29, 1.82) is 0 Å². The van der Waals surface area contributed by atoms with Crippen molar-refractivity contribution in [3.8, 4) is 11.5 Å². The predicted molar refractivity (Wildman–Crippen MR) is 77.9 cm³/mol. The van der Waals surface area contributed by atoms with Gasteiger partial charge in [-0.1, -0.05) is 18.0 Å². The smallest absolute Gasteiger partial charge is 0.263 e. The van der Waals surface area contributed by atoms with Crippen LogP contribution in [0.4, 0.5) is 0 Å². The predicted octanol–water partition coefficient (Wildman–Crippen LogP) is 1.93. The number of hydrogen-bond acceptors (Lipinski definition) is 6. The highest BCUT2D eigenvalue weighted by Crippen LogP contribution is 2.35. The Hall–Kier alpha value is -1.99. The zero-order valence-corrected chi connectivity index (χ0v) is 12.1. The number of nitrogens with zero attached hydrogens (tertiary/aromatic N) is 5. The minimum atomic E-state index is -0.446. The summed E-state index contributed by atoms with van der Waals surface area (Å²) in [5, 5.41) is 8.27. The van der Waals surface area contributed by atoms with Crippen LogP contribution >= 0.6 is 12.4 Å². The molecule has 1 aliphatic rings. The van der Waals surface area contributed by atoms with Crippen LogP contribution in [-0.4, -0.2) is 24.7 Å². The number of aromatic nitrogens is 5. The van der Waals surface area contributed by atoms with Crippen molar-refractivity contribution in [2.75, 3.05) is 0 Å². The average Bonchev–Trinajstić information content (AvgIpc) is 3.16. The van der Waals surface area contributed by atoms with Crippen molar-refractivity contribution < 1.29 is 4.52 Å². The van der Waals surface area contributed by atoms with Gasteiger partial charge in [0.25, 0.3) is 5.89 Å². The van der Waals surface area contributed by atoms with Gasteiger partial charge in [0.1, 0.15) is 5.56 Å². The second-order valence-corrected chi connectivity index (χ2v) is 5.23. The minimum Gasteiger partial charge on any atom is -0.334 e. The number of nitrogens with two attached hydrogens (primary N) is 1. The molecule has 8 heteroatoms. The Kier molecular flexibility index (Phi) is 3.38. The van der Waals surface area contributed by atoms with Crippen LogP contribution in [0.25, 0.3) is 17.1 Å². The Balaban J connectivity index is 0.00000132. The van der Waals surface area contributed by atoms with Gasteiger partial charge in [0.05, 0.1) is 11.7 Å². The first kappa shape index (κ1) is 14.0. The van der Waals surface area contributed by atoms with E-state index in [2.05, 4.69) is 20.2 Å². The fraction of sp³-hybridized carbons (Fsp3) is 0.385. The van der Waals surface area contributed by atoms with E-state index in [1.165, 1.54) is 0 Å². The Labute approximate surface area is 127 Å². The zero-order chi connectivity index (χ0) is 13.6. The van der Waals surface area contributed by atoms with E-state index >= 15 is 0 Å². The summed E-state index contributed by atoms with van der Waals surface area (Å²) < 4.78 is 7.03. The third kappa shape index (κ3) is 2.18. The molecule has 0 amide bonds. The van der Waals surface area contributed by atoms with Gasteiger partial charge in [-0.2, -0.15) is 10.1 Å². The van der Waals surface area contributed by atoms with Crippen LogP contribution in [0.15, 0.2) is 29.2 Å². The molecule has 0 atom stereocenters. The lowest BCUT2D eigenvalue weighted by molar-refractivity contribution is 0.373. The summed E-state index contributed by atoms with van der Waals surface area (Å²) in [6.45, 7) is 0. The SMILES string of the molecule is Cl.NC1(c2noc(-c3cnn4cccnc34)n2)CCCC1. The van der Waals surface area contributed by atoms with Crippen LogP contribution in [0.5, 0.6) is 0 Å². The molecule has 3 heterocycles. The van der Waals surface area contributed by atoms with E-state index in [0.717, 1.165) is 31.2 Å². The molecule has 0 aliphatic heterocycles. The lowest BCUT2D eigenvalue weighted by Gasteiger charge is -2.17. The normalized spacial score (nSPS) is 17.0. The van der Waals surface area contributed by atoms with E-state index < -0.39 is 5.54 Å². The molecular formula is C13H15ClN6O. The third-order valence-electron chi connectivity index (χ3n) is 3.88. The summed E-state index contributed by atoms with van der Waals surface area (Å²) in [6, 6.07) is 1.82. The van der Waals surface area contributed by atoms with Crippen molar-refractivity contribution in [3.63, 3.8) is 0 Å². The largest absolute Gasteiger partial charge is 0.334 e. The first-order valence-electron chi connectivity index (χ1n) is 6.68. The molecule has 4 rings (SSSR count). The van der Waals surface area contributed by atoms with Gasteiger partial charge >= 0.3 is 0 Å². The number of fused-ring (bicyclic) bond motifs is 1. The van der Waals surface area contributed by atoms with Gasteiger partial charge < -0.3 is 10.3 Å². The van der Waals surface area contributed by atoms with Crippen LogP contribution in [0.3, 0.4) is 0 Å². The highest BCUT2D eigenvalue weighted by molar-refractivity contribution is 5.85. The van der Waals surface area contributed by atoms with Crippen molar-refractivity contribution in [1.82, 2.24) is 24.7 Å². The molecule has 110 valence electrons. The maximum Gasteiger partial charge on any atom is 0.263 e. The molecule has 21 heavy (non-hydrogen) atoms. The molecule has 0 aromatic carbocycles. The van der Waals surface area contributed by atoms with E-state index in [1.54, 1.807) is 16.9 Å². The summed E-state index contributed by atoms with van der Waals surface area (Å²) in [5.74, 6) is 1.01. The van der Waals surface area contributed by atoms with E-state index in [0.29, 0.717) is 17.4 Å². The maximum atomic E-state index is 6.34. The summed E-state index contributed by atoms with van der Waals surface area (Å²) in [4.78, 5) is 8.74. The zero-order valence-electron chi connectivity index (χ0n) is 11.3. The second-order valence-electron chi connectivity index (χ2n) is 5.23. The Morgan fingerprint density at radius 3 is 2.90 bits per heavy atom. The van der Waals surface area contributed by atoms with Gasteiger partial charge in [-0.05, 0) is 18.9 Å². The molecule has 0 radical (unpaired) electrons. The third-order valence-corrected chi connectivity index (χ3v) is 3.88. The van der Waals surface area contributed by atoms with Gasteiger partial charge in [-0.15, -0.1) is 12.4 Å². The lowest BCUT2D eigenvalue weighted by atomic mass is 9.99. The van der Waals surface area contributed by atoms with Crippen LogP contribution in [0, 0.1) is 0 Å². The summed E-state index contributed by atoms with van der Waals surface area (Å²) in [7, 11) is 0. The molecule has 0 bridgehead atoms. The number of rotatable bonds is 2. The highest BCUT2D eigenvalue weighted by Gasteiger charge is 2.36. The molecule has 3 aromatic heterocycles. The average molecular weight is 307 g/mol. The summed E-state index contributed by atoms with van der Waals surface area (Å²) >= 11 is 0. The number of halogens is 1. The lowest BCUT2D eigenvalue weighted by Crippen LogP contribution is -2.34. The molecule has 1 saturated carbocycles. The molecule has 1 aliphatic carbocycles. The van der Waals surface area contributed by atoms with Crippen molar-refractivity contribution in [2.45, 2.75) is 31.2 Å². The molecular weight excluding hydrogens is 292 g/mol. The van der Waals surface area contributed by atoms with Crippen LogP contribution < -0.4 is 5.73 Å². The summed E-state index contributed by atoms with van der Waals surface area (Å²) in [5.41, 5.74) is 7.31. The fourth-order valence-corrected chi connectivity index (χ4v) is 2.74. The monoisotopic (exact) mass is 306 g/mol. The molecule has 2 N–H and O–H groups in total. The molecule has 3 aromatic rings.